The molecule has 2 rings (SSSR count). The number of hydrogen-bond donors (Lipinski definition) is 2. The highest BCUT2D eigenvalue weighted by Crippen LogP contribution is 2.24. The van der Waals surface area contributed by atoms with Crippen molar-refractivity contribution in [1.29, 1.82) is 0 Å². The summed E-state index contributed by atoms with van der Waals surface area (Å²) in [6.07, 6.45) is 0.810. The number of carbonyl (C=O) groups is 1. The fourth-order valence-electron chi connectivity index (χ4n) is 2.36. The van der Waals surface area contributed by atoms with Crippen molar-refractivity contribution >= 4 is 5.91 Å². The summed E-state index contributed by atoms with van der Waals surface area (Å²) in [7, 11) is 1.85. The van der Waals surface area contributed by atoms with Crippen LogP contribution in [0, 0.1) is 19.7 Å². The highest BCUT2D eigenvalue weighted by Gasteiger charge is 2.12. The zero-order chi connectivity index (χ0) is 16.8. The van der Waals surface area contributed by atoms with Crippen molar-refractivity contribution in [3.63, 3.8) is 0 Å². The van der Waals surface area contributed by atoms with Crippen molar-refractivity contribution in [2.45, 2.75) is 20.3 Å². The van der Waals surface area contributed by atoms with Crippen LogP contribution in [0.5, 0.6) is 0 Å². The maximum absolute atomic E-state index is 14.3. The predicted octanol–water partition coefficient (Wildman–Crippen LogP) is 3.45. The van der Waals surface area contributed by atoms with Gasteiger partial charge in [-0.2, -0.15) is 0 Å². The summed E-state index contributed by atoms with van der Waals surface area (Å²) in [6, 6.07) is 10.8. The quantitative estimate of drug-likeness (QED) is 0.802. The lowest BCUT2D eigenvalue weighted by atomic mass is 9.99. The number of amides is 1. The van der Waals surface area contributed by atoms with Crippen LogP contribution in [0.3, 0.4) is 0 Å². The van der Waals surface area contributed by atoms with E-state index in [1.54, 1.807) is 12.1 Å². The number of halogens is 1. The van der Waals surface area contributed by atoms with Gasteiger partial charge in [-0.15, -0.1) is 0 Å². The monoisotopic (exact) mass is 314 g/mol. The van der Waals surface area contributed by atoms with Crippen molar-refractivity contribution in [1.82, 2.24) is 10.6 Å². The minimum absolute atomic E-state index is 0.0852. The van der Waals surface area contributed by atoms with Crippen LogP contribution in [0.25, 0.3) is 11.1 Å². The van der Waals surface area contributed by atoms with E-state index < -0.39 is 5.82 Å². The molecule has 3 nitrogen and oxygen atoms in total. The largest absolute Gasteiger partial charge is 0.352 e. The topological polar surface area (TPSA) is 41.1 Å². The van der Waals surface area contributed by atoms with Gasteiger partial charge in [-0.3, -0.25) is 4.79 Å². The van der Waals surface area contributed by atoms with E-state index in [1.165, 1.54) is 11.6 Å². The van der Waals surface area contributed by atoms with Gasteiger partial charge in [0.2, 0.25) is 0 Å². The first-order valence-electron chi connectivity index (χ1n) is 7.83. The van der Waals surface area contributed by atoms with Crippen LogP contribution >= 0.6 is 0 Å². The Hall–Kier alpha value is -2.20. The van der Waals surface area contributed by atoms with E-state index in [-0.39, 0.29) is 11.5 Å². The van der Waals surface area contributed by atoms with E-state index in [2.05, 4.69) is 10.6 Å². The molecule has 1 amide bonds. The van der Waals surface area contributed by atoms with Crippen LogP contribution in [0.1, 0.15) is 27.9 Å². The molecule has 0 radical (unpaired) electrons. The first-order valence-corrected chi connectivity index (χ1v) is 7.83. The Morgan fingerprint density at radius 1 is 1.00 bits per heavy atom. The zero-order valence-electron chi connectivity index (χ0n) is 13.9. The van der Waals surface area contributed by atoms with Crippen molar-refractivity contribution in [3.05, 3.63) is 58.9 Å². The molecule has 4 heteroatoms. The third-order valence-corrected chi connectivity index (χ3v) is 3.94. The first-order chi connectivity index (χ1) is 11.0. The minimum atomic E-state index is -0.494. The van der Waals surface area contributed by atoms with Crippen LogP contribution in [-0.2, 0) is 0 Å². The molecule has 2 aromatic rings. The lowest BCUT2D eigenvalue weighted by Gasteiger charge is -2.09. The van der Waals surface area contributed by atoms with E-state index >= 15 is 0 Å². The van der Waals surface area contributed by atoms with Crippen molar-refractivity contribution in [3.8, 4) is 11.1 Å². The summed E-state index contributed by atoms with van der Waals surface area (Å²) in [5.41, 5.74) is 4.17. The summed E-state index contributed by atoms with van der Waals surface area (Å²) in [5.74, 6) is -0.864. The van der Waals surface area contributed by atoms with Gasteiger partial charge >= 0.3 is 0 Å². The van der Waals surface area contributed by atoms with Gasteiger partial charge < -0.3 is 10.6 Å². The lowest BCUT2D eigenvalue weighted by molar-refractivity contribution is 0.0949. The summed E-state index contributed by atoms with van der Waals surface area (Å²) in [6.45, 7) is 5.41. The second kappa shape index (κ2) is 7.88. The second-order valence-corrected chi connectivity index (χ2v) is 5.71. The molecule has 0 aliphatic rings. The molecule has 0 atom stereocenters. The van der Waals surface area contributed by atoms with Crippen LogP contribution in [0.2, 0.25) is 0 Å². The third-order valence-electron chi connectivity index (χ3n) is 3.94. The molecule has 0 aliphatic heterocycles. The molecule has 2 N–H and O–H groups in total. The molecule has 0 spiro atoms. The number of carbonyl (C=O) groups excluding carboxylic acids is 1. The van der Waals surface area contributed by atoms with Gasteiger partial charge in [0.15, 0.2) is 0 Å². The van der Waals surface area contributed by atoms with Gasteiger partial charge in [0.05, 0.1) is 5.56 Å². The molecule has 0 aromatic heterocycles. The molecule has 2 aromatic carbocycles. The van der Waals surface area contributed by atoms with Gasteiger partial charge in [-0.05, 0) is 68.2 Å². The summed E-state index contributed by atoms with van der Waals surface area (Å²) in [4.78, 5) is 12.0. The normalized spacial score (nSPS) is 10.6. The van der Waals surface area contributed by atoms with Crippen LogP contribution in [0.4, 0.5) is 4.39 Å². The molecule has 0 aliphatic carbocycles. The minimum Gasteiger partial charge on any atom is -0.352 e. The summed E-state index contributed by atoms with van der Waals surface area (Å²) < 4.78 is 14.3. The number of nitrogens with one attached hydrogen (secondary N) is 2. The number of hydrogen-bond acceptors (Lipinski definition) is 2. The van der Waals surface area contributed by atoms with Gasteiger partial charge in [0, 0.05) is 6.54 Å². The van der Waals surface area contributed by atoms with Crippen LogP contribution in [0.15, 0.2) is 36.4 Å². The van der Waals surface area contributed by atoms with E-state index in [1.807, 2.05) is 39.1 Å². The zero-order valence-corrected chi connectivity index (χ0v) is 13.9. The Kier molecular flexibility index (Phi) is 5.88. The lowest BCUT2D eigenvalue weighted by Crippen LogP contribution is -2.27. The fourth-order valence-corrected chi connectivity index (χ4v) is 2.36. The van der Waals surface area contributed by atoms with Crippen LogP contribution < -0.4 is 10.6 Å². The summed E-state index contributed by atoms with van der Waals surface area (Å²) in [5, 5.41) is 5.73. The van der Waals surface area contributed by atoms with Crippen LogP contribution in [-0.4, -0.2) is 26.0 Å². The Morgan fingerprint density at radius 2 is 1.70 bits per heavy atom. The Labute approximate surface area is 136 Å². The average molecular weight is 314 g/mol. The van der Waals surface area contributed by atoms with E-state index in [0.717, 1.165) is 29.7 Å². The Bertz CT molecular complexity index is 698. The van der Waals surface area contributed by atoms with Gasteiger partial charge in [0.1, 0.15) is 5.82 Å². The predicted molar refractivity (Wildman–Crippen MR) is 92.2 cm³/mol. The molecular weight excluding hydrogens is 291 g/mol. The number of benzene rings is 2. The molecule has 23 heavy (non-hydrogen) atoms. The molecular formula is C19H23FN2O. The number of aryl methyl sites for hydroxylation is 2. The molecule has 0 heterocycles. The van der Waals surface area contributed by atoms with Crippen molar-refractivity contribution in [2.24, 2.45) is 0 Å². The molecule has 0 saturated heterocycles. The van der Waals surface area contributed by atoms with Gasteiger partial charge in [0.25, 0.3) is 5.91 Å². The van der Waals surface area contributed by atoms with Crippen molar-refractivity contribution < 1.29 is 9.18 Å². The summed E-state index contributed by atoms with van der Waals surface area (Å²) >= 11 is 0. The van der Waals surface area contributed by atoms with Gasteiger partial charge in [-0.1, -0.05) is 24.3 Å². The fraction of sp³-hybridized carbons (Fsp3) is 0.316. The SMILES string of the molecule is CNCCCNC(=O)c1ccc(-c2ccc(C)c(C)c2)cc1F. The molecule has 0 fully saturated rings. The van der Waals surface area contributed by atoms with E-state index in [9.17, 15) is 9.18 Å². The number of rotatable bonds is 6. The third kappa shape index (κ3) is 4.39. The van der Waals surface area contributed by atoms with Crippen molar-refractivity contribution in [2.75, 3.05) is 20.1 Å². The standard InChI is InChI=1S/C19H23FN2O/c1-13-5-6-15(11-14(13)2)16-7-8-17(18(20)12-16)19(23)22-10-4-9-21-3/h5-8,11-12,21H,4,9-10H2,1-3H3,(H,22,23). The highest BCUT2D eigenvalue weighted by atomic mass is 19.1. The Balaban J connectivity index is 2.14. The molecule has 122 valence electrons. The van der Waals surface area contributed by atoms with Gasteiger partial charge in [-0.25, -0.2) is 4.39 Å². The van der Waals surface area contributed by atoms with E-state index in [0.29, 0.717) is 6.54 Å². The molecule has 0 saturated carbocycles. The first kappa shape index (κ1) is 17.2. The maximum atomic E-state index is 14.3. The highest BCUT2D eigenvalue weighted by molar-refractivity contribution is 5.95. The molecule has 0 bridgehead atoms. The smallest absolute Gasteiger partial charge is 0.254 e. The molecule has 0 unspecified atom stereocenters. The second-order valence-electron chi connectivity index (χ2n) is 5.71. The van der Waals surface area contributed by atoms with E-state index in [4.69, 9.17) is 0 Å². The Morgan fingerprint density at radius 3 is 2.35 bits per heavy atom. The average Bonchev–Trinajstić information content (AvgIpc) is 2.54. The maximum Gasteiger partial charge on any atom is 0.254 e.